The van der Waals surface area contributed by atoms with Crippen LogP contribution in [0.4, 0.5) is 4.79 Å². The normalized spacial score (nSPS) is 17.8. The fourth-order valence-corrected chi connectivity index (χ4v) is 5.52. The number of nitrogens with zero attached hydrogens (tertiary/aromatic N) is 1. The third-order valence-corrected chi connectivity index (χ3v) is 7.96. The first-order valence-corrected chi connectivity index (χ1v) is 13.7. The number of aliphatic hydroxyl groups excluding tert-OH is 1. The second-order valence-electron chi connectivity index (χ2n) is 9.83. The molecule has 3 amide bonds. The fourth-order valence-electron chi connectivity index (χ4n) is 4.38. The summed E-state index contributed by atoms with van der Waals surface area (Å²) < 4.78 is 4.58. The van der Waals surface area contributed by atoms with Crippen molar-refractivity contribution in [3.63, 3.8) is 0 Å². The molecule has 0 radical (unpaired) electrons. The van der Waals surface area contributed by atoms with E-state index < -0.39 is 34.9 Å². The van der Waals surface area contributed by atoms with Gasteiger partial charge in [-0.1, -0.05) is 60.7 Å². The highest BCUT2D eigenvalue weighted by atomic mass is 32.2. The van der Waals surface area contributed by atoms with Gasteiger partial charge in [0.2, 0.25) is 5.91 Å². The number of amides is 3. The van der Waals surface area contributed by atoms with Crippen LogP contribution >= 0.6 is 11.8 Å². The summed E-state index contributed by atoms with van der Waals surface area (Å²) in [6.45, 7) is 9.87. The van der Waals surface area contributed by atoms with Crippen molar-refractivity contribution in [2.24, 2.45) is 0 Å². The highest BCUT2D eigenvalue weighted by Crippen LogP contribution is 2.40. The van der Waals surface area contributed by atoms with Crippen molar-refractivity contribution in [2.75, 3.05) is 12.5 Å². The molecule has 38 heavy (non-hydrogen) atoms. The van der Waals surface area contributed by atoms with Crippen LogP contribution in [0.1, 0.15) is 37.0 Å². The second kappa shape index (κ2) is 13.5. The van der Waals surface area contributed by atoms with Gasteiger partial charge in [-0.05, 0) is 50.3 Å². The molecule has 1 saturated heterocycles. The molecule has 8 nitrogen and oxygen atoms in total. The molecule has 0 bridgehead atoms. The molecule has 2 aromatic rings. The van der Waals surface area contributed by atoms with E-state index >= 15 is 0 Å². The number of hydrogen-bond donors (Lipinski definition) is 3. The van der Waals surface area contributed by atoms with Crippen molar-refractivity contribution in [3.05, 3.63) is 83.9 Å². The van der Waals surface area contributed by atoms with E-state index in [1.807, 2.05) is 75.4 Å². The number of aryl methyl sites for hydroxylation is 1. The standard InChI is InChI=1S/C29H37N3O5S/c1-5-6-16-37-28(36)31-23(17-21-13-8-7-9-14-21)24(33)27(35)32-19-38-29(3,4)25(32)26(34)30-18-22-15-11-10-12-20(22)2/h5,7-15,23-25,33H,1,6,16-19H2,2-4H3,(H,30,34)(H,31,36). The molecule has 3 N–H and O–H groups in total. The van der Waals surface area contributed by atoms with Gasteiger partial charge in [-0.2, -0.15) is 0 Å². The maximum absolute atomic E-state index is 13.6. The Hall–Kier alpha value is -3.30. The minimum absolute atomic E-state index is 0.136. The van der Waals surface area contributed by atoms with Crippen LogP contribution in [0.15, 0.2) is 67.3 Å². The van der Waals surface area contributed by atoms with Gasteiger partial charge in [-0.25, -0.2) is 4.79 Å². The van der Waals surface area contributed by atoms with Gasteiger partial charge in [0.05, 0.1) is 18.5 Å². The molecule has 2 aromatic carbocycles. The van der Waals surface area contributed by atoms with Gasteiger partial charge in [0.1, 0.15) is 6.04 Å². The van der Waals surface area contributed by atoms with Gasteiger partial charge in [0, 0.05) is 11.3 Å². The van der Waals surface area contributed by atoms with E-state index in [4.69, 9.17) is 4.74 Å². The molecule has 3 atom stereocenters. The summed E-state index contributed by atoms with van der Waals surface area (Å²) in [5.41, 5.74) is 2.88. The number of thioether (sulfide) groups is 1. The summed E-state index contributed by atoms with van der Waals surface area (Å²) >= 11 is 1.47. The Bertz CT molecular complexity index is 1120. The molecule has 0 aliphatic carbocycles. The molecule has 1 aliphatic heterocycles. The van der Waals surface area contributed by atoms with Crippen LogP contribution in [0.5, 0.6) is 0 Å². The van der Waals surface area contributed by atoms with Crippen molar-refractivity contribution in [2.45, 2.75) is 63.1 Å². The summed E-state index contributed by atoms with van der Waals surface area (Å²) in [4.78, 5) is 40.8. The lowest BCUT2D eigenvalue weighted by molar-refractivity contribution is -0.147. The Labute approximate surface area is 228 Å². The molecular formula is C29H37N3O5S. The molecule has 3 rings (SSSR count). The lowest BCUT2D eigenvalue weighted by atomic mass is 9.97. The number of aliphatic hydroxyl groups is 1. The summed E-state index contributed by atoms with van der Waals surface area (Å²) in [7, 11) is 0. The predicted octanol–water partition coefficient (Wildman–Crippen LogP) is 3.57. The first-order valence-electron chi connectivity index (χ1n) is 12.7. The Morgan fingerprint density at radius 2 is 1.87 bits per heavy atom. The molecule has 1 aliphatic rings. The van der Waals surface area contributed by atoms with Crippen molar-refractivity contribution in [1.29, 1.82) is 0 Å². The van der Waals surface area contributed by atoms with E-state index in [1.165, 1.54) is 16.7 Å². The second-order valence-corrected chi connectivity index (χ2v) is 11.4. The van der Waals surface area contributed by atoms with E-state index in [9.17, 15) is 19.5 Å². The van der Waals surface area contributed by atoms with Gasteiger partial charge >= 0.3 is 6.09 Å². The van der Waals surface area contributed by atoms with Gasteiger partial charge in [0.25, 0.3) is 5.91 Å². The molecule has 0 aromatic heterocycles. The summed E-state index contributed by atoms with van der Waals surface area (Å²) in [6, 6.07) is 15.3. The van der Waals surface area contributed by atoms with E-state index in [1.54, 1.807) is 6.08 Å². The number of carbonyl (C=O) groups is 3. The third-order valence-electron chi connectivity index (χ3n) is 6.58. The van der Waals surface area contributed by atoms with Crippen LogP contribution < -0.4 is 10.6 Å². The van der Waals surface area contributed by atoms with Gasteiger partial charge in [-0.3, -0.25) is 9.59 Å². The number of ether oxygens (including phenoxy) is 1. The molecule has 1 heterocycles. The van der Waals surface area contributed by atoms with E-state index in [0.29, 0.717) is 13.0 Å². The van der Waals surface area contributed by atoms with Gasteiger partial charge in [-0.15, -0.1) is 18.3 Å². The van der Waals surface area contributed by atoms with Gasteiger partial charge < -0.3 is 25.4 Å². The lowest BCUT2D eigenvalue weighted by Crippen LogP contribution is -2.58. The van der Waals surface area contributed by atoms with Crippen molar-refractivity contribution in [3.8, 4) is 0 Å². The van der Waals surface area contributed by atoms with E-state index in [-0.39, 0.29) is 24.8 Å². The van der Waals surface area contributed by atoms with Crippen LogP contribution in [0.2, 0.25) is 0 Å². The van der Waals surface area contributed by atoms with Gasteiger partial charge in [0.15, 0.2) is 6.10 Å². The Balaban J connectivity index is 1.76. The largest absolute Gasteiger partial charge is 0.449 e. The minimum atomic E-state index is -1.58. The molecule has 1 fully saturated rings. The average Bonchev–Trinajstić information content (AvgIpc) is 3.22. The van der Waals surface area contributed by atoms with Crippen LogP contribution in [0.25, 0.3) is 0 Å². The first kappa shape index (κ1) is 29.3. The summed E-state index contributed by atoms with van der Waals surface area (Å²) in [5, 5.41) is 16.8. The number of nitrogens with one attached hydrogen (secondary N) is 2. The average molecular weight is 540 g/mol. The van der Waals surface area contributed by atoms with Crippen molar-refractivity contribution in [1.82, 2.24) is 15.5 Å². The molecule has 0 spiro atoms. The van der Waals surface area contributed by atoms with Crippen LogP contribution in [-0.4, -0.2) is 63.3 Å². The zero-order chi connectivity index (χ0) is 27.7. The Morgan fingerprint density at radius 3 is 2.55 bits per heavy atom. The molecule has 204 valence electrons. The van der Waals surface area contributed by atoms with Crippen LogP contribution in [0, 0.1) is 6.92 Å². The SMILES string of the molecule is C=CCCOC(=O)NC(Cc1ccccc1)C(O)C(=O)N1CSC(C)(C)C1C(=O)NCc1ccccc1C. The topological polar surface area (TPSA) is 108 Å². The minimum Gasteiger partial charge on any atom is -0.449 e. The summed E-state index contributed by atoms with van der Waals surface area (Å²) in [5.74, 6) is -0.667. The molecule has 3 unspecified atom stereocenters. The Morgan fingerprint density at radius 1 is 1.18 bits per heavy atom. The lowest BCUT2D eigenvalue weighted by Gasteiger charge is -2.33. The quantitative estimate of drug-likeness (QED) is 0.298. The number of benzene rings is 2. The molecule has 9 heteroatoms. The highest BCUT2D eigenvalue weighted by molar-refractivity contribution is 8.00. The van der Waals surface area contributed by atoms with Crippen molar-refractivity contribution >= 4 is 29.7 Å². The third kappa shape index (κ3) is 7.61. The zero-order valence-corrected chi connectivity index (χ0v) is 23.0. The van der Waals surface area contributed by atoms with Crippen LogP contribution in [-0.2, 0) is 27.3 Å². The number of alkyl carbamates (subject to hydrolysis) is 1. The van der Waals surface area contributed by atoms with Crippen LogP contribution in [0.3, 0.4) is 0 Å². The number of carbonyl (C=O) groups excluding carboxylic acids is 3. The highest BCUT2D eigenvalue weighted by Gasteiger charge is 2.49. The number of hydrogen-bond acceptors (Lipinski definition) is 6. The molecule has 0 saturated carbocycles. The Kier molecular flexibility index (Phi) is 10.4. The van der Waals surface area contributed by atoms with E-state index in [0.717, 1.165) is 16.7 Å². The zero-order valence-electron chi connectivity index (χ0n) is 22.2. The smallest absolute Gasteiger partial charge is 0.407 e. The molecular weight excluding hydrogens is 502 g/mol. The van der Waals surface area contributed by atoms with E-state index in [2.05, 4.69) is 17.2 Å². The number of rotatable bonds is 11. The maximum Gasteiger partial charge on any atom is 0.407 e. The fraction of sp³-hybridized carbons (Fsp3) is 0.414. The summed E-state index contributed by atoms with van der Waals surface area (Å²) in [6.07, 6.45) is 0.00677. The predicted molar refractivity (Wildman–Crippen MR) is 149 cm³/mol. The monoisotopic (exact) mass is 539 g/mol. The maximum atomic E-state index is 13.6. The first-order chi connectivity index (χ1) is 18.1. The van der Waals surface area contributed by atoms with Crippen molar-refractivity contribution < 1.29 is 24.2 Å².